The number of hydrogen-bond acceptors (Lipinski definition) is 6. The summed E-state index contributed by atoms with van der Waals surface area (Å²) in [6.45, 7) is 6.92. The first-order chi connectivity index (χ1) is 14.4. The van der Waals surface area contributed by atoms with Crippen LogP contribution in [0.5, 0.6) is 11.5 Å². The summed E-state index contributed by atoms with van der Waals surface area (Å²) >= 11 is 0. The maximum Gasteiger partial charge on any atom is 0.310 e. The Kier molecular flexibility index (Phi) is 8.53. The molecule has 1 amide bonds. The lowest BCUT2D eigenvalue weighted by Gasteiger charge is -2.27. The van der Waals surface area contributed by atoms with Gasteiger partial charge in [0.1, 0.15) is 11.5 Å². The third-order valence-corrected chi connectivity index (χ3v) is 4.64. The SMILES string of the molecule is CCN(c1ccc(NC(=O)COC(=O)Cc2ccc(OC)cc2OC)cc1)C(C)C. The maximum absolute atomic E-state index is 12.1. The van der Waals surface area contributed by atoms with E-state index in [1.165, 1.54) is 7.11 Å². The average Bonchev–Trinajstić information content (AvgIpc) is 2.74. The van der Waals surface area contributed by atoms with Gasteiger partial charge in [0.05, 0.1) is 20.6 Å². The predicted octanol–water partition coefficient (Wildman–Crippen LogP) is 3.66. The summed E-state index contributed by atoms with van der Waals surface area (Å²) in [7, 11) is 3.07. The summed E-state index contributed by atoms with van der Waals surface area (Å²) in [5, 5.41) is 2.74. The van der Waals surface area contributed by atoms with Gasteiger partial charge in [-0.1, -0.05) is 6.07 Å². The van der Waals surface area contributed by atoms with E-state index >= 15 is 0 Å². The summed E-state index contributed by atoms with van der Waals surface area (Å²) in [6.07, 6.45) is -0.00278. The molecule has 0 aliphatic rings. The van der Waals surface area contributed by atoms with E-state index < -0.39 is 11.9 Å². The second kappa shape index (κ2) is 11.1. The Morgan fingerprint density at radius 3 is 2.30 bits per heavy atom. The van der Waals surface area contributed by atoms with Crippen LogP contribution < -0.4 is 19.7 Å². The van der Waals surface area contributed by atoms with Crippen LogP contribution in [0.2, 0.25) is 0 Å². The first-order valence-electron chi connectivity index (χ1n) is 9.91. The molecular weight excluding hydrogens is 384 g/mol. The Hall–Kier alpha value is -3.22. The number of amides is 1. The van der Waals surface area contributed by atoms with Crippen molar-refractivity contribution < 1.29 is 23.8 Å². The van der Waals surface area contributed by atoms with E-state index in [1.54, 1.807) is 25.3 Å². The zero-order valence-corrected chi connectivity index (χ0v) is 18.2. The number of methoxy groups -OCH3 is 2. The average molecular weight is 415 g/mol. The van der Waals surface area contributed by atoms with Gasteiger partial charge in [-0.3, -0.25) is 9.59 Å². The first-order valence-corrected chi connectivity index (χ1v) is 9.91. The summed E-state index contributed by atoms with van der Waals surface area (Å²) < 4.78 is 15.5. The second-order valence-electron chi connectivity index (χ2n) is 6.99. The maximum atomic E-state index is 12.1. The number of esters is 1. The van der Waals surface area contributed by atoms with Crippen LogP contribution in [-0.2, 0) is 20.7 Å². The molecular formula is C23H30N2O5. The molecule has 0 aliphatic carbocycles. The normalized spacial score (nSPS) is 10.5. The summed E-state index contributed by atoms with van der Waals surface area (Å²) in [5.74, 6) is 0.247. The Bertz CT molecular complexity index is 849. The van der Waals surface area contributed by atoms with Crippen LogP contribution in [0.4, 0.5) is 11.4 Å². The lowest BCUT2D eigenvalue weighted by Crippen LogP contribution is -2.30. The minimum absolute atomic E-state index is 0.00278. The van der Waals surface area contributed by atoms with Crippen molar-refractivity contribution in [3.8, 4) is 11.5 Å². The molecule has 0 unspecified atom stereocenters. The zero-order chi connectivity index (χ0) is 22.1. The van der Waals surface area contributed by atoms with Crippen LogP contribution in [0.25, 0.3) is 0 Å². The molecule has 7 nitrogen and oxygen atoms in total. The molecule has 2 aromatic rings. The monoisotopic (exact) mass is 414 g/mol. The molecule has 0 spiro atoms. The number of rotatable bonds is 10. The van der Waals surface area contributed by atoms with E-state index in [2.05, 4.69) is 31.0 Å². The topological polar surface area (TPSA) is 77.1 Å². The largest absolute Gasteiger partial charge is 0.497 e. The van der Waals surface area contributed by atoms with Crippen LogP contribution >= 0.6 is 0 Å². The molecule has 1 N–H and O–H groups in total. The van der Waals surface area contributed by atoms with Crippen molar-refractivity contribution >= 4 is 23.3 Å². The van der Waals surface area contributed by atoms with Gasteiger partial charge in [-0.2, -0.15) is 0 Å². The first kappa shape index (κ1) is 23.1. The number of benzene rings is 2. The van der Waals surface area contributed by atoms with Crippen LogP contribution in [0.15, 0.2) is 42.5 Å². The Morgan fingerprint density at radius 2 is 1.73 bits per heavy atom. The molecule has 2 aromatic carbocycles. The smallest absolute Gasteiger partial charge is 0.310 e. The van der Waals surface area contributed by atoms with E-state index in [9.17, 15) is 9.59 Å². The molecule has 0 aliphatic heterocycles. The molecule has 0 saturated heterocycles. The lowest BCUT2D eigenvalue weighted by atomic mass is 10.1. The van der Waals surface area contributed by atoms with Gasteiger partial charge in [0.15, 0.2) is 6.61 Å². The number of nitrogens with zero attached hydrogens (tertiary/aromatic N) is 1. The number of carbonyl (C=O) groups is 2. The molecule has 0 radical (unpaired) electrons. The zero-order valence-electron chi connectivity index (χ0n) is 18.2. The van der Waals surface area contributed by atoms with Crippen molar-refractivity contribution in [2.75, 3.05) is 37.6 Å². The van der Waals surface area contributed by atoms with Crippen molar-refractivity contribution in [2.24, 2.45) is 0 Å². The van der Waals surface area contributed by atoms with E-state index in [0.29, 0.717) is 28.8 Å². The van der Waals surface area contributed by atoms with Crippen molar-refractivity contribution in [2.45, 2.75) is 33.2 Å². The second-order valence-corrected chi connectivity index (χ2v) is 6.99. The summed E-state index contributed by atoms with van der Waals surface area (Å²) in [4.78, 5) is 26.5. The number of anilines is 2. The van der Waals surface area contributed by atoms with Crippen molar-refractivity contribution in [1.29, 1.82) is 0 Å². The fraction of sp³-hybridized carbons (Fsp3) is 0.391. The van der Waals surface area contributed by atoms with E-state index in [0.717, 1.165) is 12.2 Å². The fourth-order valence-electron chi connectivity index (χ4n) is 3.13. The highest BCUT2D eigenvalue weighted by Gasteiger charge is 2.13. The number of nitrogens with one attached hydrogen (secondary N) is 1. The Labute approximate surface area is 177 Å². The molecule has 0 bridgehead atoms. The van der Waals surface area contributed by atoms with Gasteiger partial charge in [0.2, 0.25) is 0 Å². The molecule has 0 fully saturated rings. The molecule has 0 heterocycles. The highest BCUT2D eigenvalue weighted by atomic mass is 16.5. The highest BCUT2D eigenvalue weighted by Crippen LogP contribution is 2.25. The Balaban J connectivity index is 1.86. The molecule has 30 heavy (non-hydrogen) atoms. The third-order valence-electron chi connectivity index (χ3n) is 4.64. The van der Waals surface area contributed by atoms with Gasteiger partial charge in [-0.05, 0) is 51.1 Å². The van der Waals surface area contributed by atoms with E-state index in [4.69, 9.17) is 14.2 Å². The van der Waals surface area contributed by atoms with Crippen LogP contribution in [-0.4, -0.2) is 45.3 Å². The standard InChI is InChI=1S/C23H30N2O5/c1-6-25(16(2)3)19-10-8-18(9-11-19)24-22(26)15-30-23(27)13-17-7-12-20(28-4)14-21(17)29-5/h7-12,14,16H,6,13,15H2,1-5H3,(H,24,26). The van der Waals surface area contributed by atoms with E-state index in [1.807, 2.05) is 24.3 Å². The van der Waals surface area contributed by atoms with Gasteiger partial charge in [0.25, 0.3) is 5.91 Å². The predicted molar refractivity (Wildman–Crippen MR) is 117 cm³/mol. The molecule has 7 heteroatoms. The number of hydrogen-bond donors (Lipinski definition) is 1. The van der Waals surface area contributed by atoms with Gasteiger partial charge < -0.3 is 24.4 Å². The van der Waals surface area contributed by atoms with Crippen LogP contribution in [0.3, 0.4) is 0 Å². The fourth-order valence-corrected chi connectivity index (χ4v) is 3.13. The summed E-state index contributed by atoms with van der Waals surface area (Å²) in [5.41, 5.74) is 2.40. The van der Waals surface area contributed by atoms with E-state index in [-0.39, 0.29) is 13.0 Å². The third kappa shape index (κ3) is 6.40. The number of ether oxygens (including phenoxy) is 3. The van der Waals surface area contributed by atoms with Gasteiger partial charge in [-0.25, -0.2) is 0 Å². The molecule has 0 saturated carbocycles. The van der Waals surface area contributed by atoms with Crippen molar-refractivity contribution in [3.63, 3.8) is 0 Å². The van der Waals surface area contributed by atoms with Crippen molar-refractivity contribution in [3.05, 3.63) is 48.0 Å². The number of carbonyl (C=O) groups excluding carboxylic acids is 2. The van der Waals surface area contributed by atoms with Gasteiger partial charge in [0, 0.05) is 35.6 Å². The van der Waals surface area contributed by atoms with Gasteiger partial charge >= 0.3 is 5.97 Å². The van der Waals surface area contributed by atoms with Crippen molar-refractivity contribution in [1.82, 2.24) is 0 Å². The summed E-state index contributed by atoms with van der Waals surface area (Å²) in [6, 6.07) is 13.1. The highest BCUT2D eigenvalue weighted by molar-refractivity contribution is 5.93. The minimum atomic E-state index is -0.514. The molecule has 0 aromatic heterocycles. The Morgan fingerprint density at radius 1 is 1.03 bits per heavy atom. The minimum Gasteiger partial charge on any atom is -0.497 e. The van der Waals surface area contributed by atoms with Crippen LogP contribution in [0.1, 0.15) is 26.3 Å². The lowest BCUT2D eigenvalue weighted by molar-refractivity contribution is -0.146. The quantitative estimate of drug-likeness (QED) is 0.598. The molecule has 0 atom stereocenters. The molecule has 2 rings (SSSR count). The van der Waals surface area contributed by atoms with Crippen LogP contribution in [0, 0.1) is 0 Å². The molecule has 162 valence electrons. The van der Waals surface area contributed by atoms with Gasteiger partial charge in [-0.15, -0.1) is 0 Å².